The first-order valence-corrected chi connectivity index (χ1v) is 10.7. The van der Waals surface area contributed by atoms with Crippen LogP contribution in [-0.2, 0) is 4.79 Å². The maximum atomic E-state index is 13.0. The standard InChI is InChI=1S/C24H24N6O2/c1-15(2)28-21-10-22(23-8-7-19-9-17(11-25)12-27-30(19)23)26-13-20(21)24(32)29-18-5-3-16(14-31)4-6-18/h7-10,12-16H,3-6H2,1-2H3,(H,26,28). The van der Waals surface area contributed by atoms with Gasteiger partial charge in [0.2, 0.25) is 0 Å². The Balaban J connectivity index is 1.67. The average Bonchev–Trinajstić information content (AvgIpc) is 3.22. The minimum absolute atomic E-state index is 0.0675. The average molecular weight is 428 g/mol. The molecule has 32 heavy (non-hydrogen) atoms. The van der Waals surface area contributed by atoms with Crippen LogP contribution in [0.1, 0.15) is 55.5 Å². The Morgan fingerprint density at radius 1 is 1.28 bits per heavy atom. The highest BCUT2D eigenvalue weighted by Crippen LogP contribution is 2.27. The van der Waals surface area contributed by atoms with Crippen molar-refractivity contribution in [3.8, 4) is 17.5 Å². The molecule has 8 nitrogen and oxygen atoms in total. The summed E-state index contributed by atoms with van der Waals surface area (Å²) in [4.78, 5) is 32.8. The number of carbonyl (C=O) groups is 2. The van der Waals surface area contributed by atoms with Gasteiger partial charge in [-0.05, 0) is 63.8 Å². The molecule has 0 saturated heterocycles. The van der Waals surface area contributed by atoms with Gasteiger partial charge in [-0.1, -0.05) is 0 Å². The number of fused-ring (bicyclic) bond motifs is 1. The molecule has 1 aliphatic rings. The maximum absolute atomic E-state index is 13.0. The number of aldehydes is 1. The zero-order valence-electron chi connectivity index (χ0n) is 18.1. The zero-order valence-corrected chi connectivity index (χ0v) is 18.1. The molecule has 0 bridgehead atoms. The molecule has 4 rings (SSSR count). The third-order valence-electron chi connectivity index (χ3n) is 5.53. The molecule has 0 unspecified atom stereocenters. The fourth-order valence-electron chi connectivity index (χ4n) is 3.88. The second-order valence-corrected chi connectivity index (χ2v) is 8.28. The number of nitriles is 1. The van der Waals surface area contributed by atoms with E-state index in [0.29, 0.717) is 35.3 Å². The van der Waals surface area contributed by atoms with Gasteiger partial charge in [-0.3, -0.25) is 9.78 Å². The van der Waals surface area contributed by atoms with Gasteiger partial charge in [0.05, 0.1) is 39.9 Å². The predicted octanol–water partition coefficient (Wildman–Crippen LogP) is 4.06. The Hall–Kier alpha value is -3.86. The summed E-state index contributed by atoms with van der Waals surface area (Å²) in [5.41, 5.74) is 4.59. The maximum Gasteiger partial charge on any atom is 0.280 e. The number of aromatic nitrogens is 3. The summed E-state index contributed by atoms with van der Waals surface area (Å²) in [6.07, 6.45) is 6.87. The minimum atomic E-state index is -0.330. The number of anilines is 1. The quantitative estimate of drug-likeness (QED) is 0.613. The van der Waals surface area contributed by atoms with E-state index >= 15 is 0 Å². The first-order chi connectivity index (χ1) is 15.5. The smallest absolute Gasteiger partial charge is 0.280 e. The van der Waals surface area contributed by atoms with Crippen LogP contribution in [0.5, 0.6) is 0 Å². The molecule has 1 fully saturated rings. The van der Waals surface area contributed by atoms with Crippen LogP contribution in [0.25, 0.3) is 16.9 Å². The molecule has 0 radical (unpaired) electrons. The summed E-state index contributed by atoms with van der Waals surface area (Å²) in [5.74, 6) is -0.263. The van der Waals surface area contributed by atoms with Gasteiger partial charge in [0, 0.05) is 23.9 Å². The number of rotatable bonds is 5. The summed E-state index contributed by atoms with van der Waals surface area (Å²) in [5, 5.41) is 16.8. The first kappa shape index (κ1) is 21.4. The van der Waals surface area contributed by atoms with Gasteiger partial charge in [-0.2, -0.15) is 10.4 Å². The second-order valence-electron chi connectivity index (χ2n) is 8.28. The molecule has 0 aromatic carbocycles. The van der Waals surface area contributed by atoms with Gasteiger partial charge < -0.3 is 10.1 Å². The van der Waals surface area contributed by atoms with E-state index in [2.05, 4.69) is 26.5 Å². The topological polar surface area (TPSA) is 113 Å². The van der Waals surface area contributed by atoms with Crippen LogP contribution >= 0.6 is 0 Å². The van der Waals surface area contributed by atoms with E-state index in [1.165, 1.54) is 6.20 Å². The molecular weight excluding hydrogens is 404 g/mol. The van der Waals surface area contributed by atoms with Crippen molar-refractivity contribution in [1.29, 1.82) is 5.26 Å². The van der Waals surface area contributed by atoms with Crippen molar-refractivity contribution in [1.82, 2.24) is 14.6 Å². The Kier molecular flexibility index (Phi) is 6.08. The fourth-order valence-corrected chi connectivity index (χ4v) is 3.88. The molecule has 3 heterocycles. The van der Waals surface area contributed by atoms with Gasteiger partial charge in [0.15, 0.2) is 0 Å². The molecule has 1 N–H and O–H groups in total. The summed E-state index contributed by atoms with van der Waals surface area (Å²) >= 11 is 0. The Bertz CT molecular complexity index is 1240. The van der Waals surface area contributed by atoms with Crippen molar-refractivity contribution in [2.45, 2.75) is 45.6 Å². The lowest BCUT2D eigenvalue weighted by atomic mass is 9.89. The third-order valence-corrected chi connectivity index (χ3v) is 5.53. The third kappa shape index (κ3) is 4.42. The van der Waals surface area contributed by atoms with Crippen molar-refractivity contribution in [3.63, 3.8) is 0 Å². The normalized spacial score (nSPS) is 16.1. The van der Waals surface area contributed by atoms with Crippen LogP contribution in [0.2, 0.25) is 0 Å². The number of hydrogen-bond donors (Lipinski definition) is 1. The van der Waals surface area contributed by atoms with Gasteiger partial charge in [0.1, 0.15) is 12.4 Å². The predicted molar refractivity (Wildman–Crippen MR) is 122 cm³/mol. The Morgan fingerprint density at radius 2 is 2.06 bits per heavy atom. The van der Waals surface area contributed by atoms with Gasteiger partial charge in [-0.25, -0.2) is 9.51 Å². The largest absolute Gasteiger partial charge is 0.382 e. The van der Waals surface area contributed by atoms with E-state index in [-0.39, 0.29) is 17.9 Å². The van der Waals surface area contributed by atoms with E-state index in [0.717, 1.165) is 36.1 Å². The fraction of sp³-hybridized carbons (Fsp3) is 0.333. The number of carbonyl (C=O) groups excluding carboxylic acids is 2. The Morgan fingerprint density at radius 3 is 2.75 bits per heavy atom. The molecule has 0 spiro atoms. The first-order valence-electron chi connectivity index (χ1n) is 10.7. The van der Waals surface area contributed by atoms with Crippen molar-refractivity contribution in [3.05, 3.63) is 47.8 Å². The number of nitrogens with zero attached hydrogens (tertiary/aromatic N) is 5. The molecule has 0 aliphatic heterocycles. The number of nitrogens with one attached hydrogen (secondary N) is 1. The monoisotopic (exact) mass is 428 g/mol. The highest BCUT2D eigenvalue weighted by molar-refractivity contribution is 6.07. The number of amides is 1. The molecule has 3 aromatic heterocycles. The van der Waals surface area contributed by atoms with Crippen molar-refractivity contribution >= 4 is 29.1 Å². The Labute approximate surface area is 186 Å². The molecule has 162 valence electrons. The summed E-state index contributed by atoms with van der Waals surface area (Å²) in [6, 6.07) is 9.55. The lowest BCUT2D eigenvalue weighted by molar-refractivity contribution is -0.111. The molecular formula is C24H24N6O2. The van der Waals surface area contributed by atoms with Crippen LogP contribution < -0.4 is 5.32 Å². The lowest BCUT2D eigenvalue weighted by Crippen LogP contribution is -2.17. The summed E-state index contributed by atoms with van der Waals surface area (Å²) in [7, 11) is 0. The van der Waals surface area contributed by atoms with Gasteiger partial charge >= 0.3 is 0 Å². The van der Waals surface area contributed by atoms with Gasteiger partial charge in [0.25, 0.3) is 5.91 Å². The number of aliphatic imine (C=N–C) groups is 1. The number of hydrogen-bond acceptors (Lipinski definition) is 6. The number of pyridine rings is 1. The SMILES string of the molecule is CC(C)Nc1cc(-c2ccc3cc(C#N)cnn23)ncc1C(=O)N=C1CCC(C=O)CC1. The highest BCUT2D eigenvalue weighted by atomic mass is 16.1. The second kappa shape index (κ2) is 9.10. The highest BCUT2D eigenvalue weighted by Gasteiger charge is 2.20. The molecule has 8 heteroatoms. The van der Waals surface area contributed by atoms with Crippen molar-refractivity contribution < 1.29 is 9.59 Å². The lowest BCUT2D eigenvalue weighted by Gasteiger charge is -2.18. The zero-order chi connectivity index (χ0) is 22.7. The molecule has 1 saturated carbocycles. The van der Waals surface area contributed by atoms with Gasteiger partial charge in [-0.15, -0.1) is 0 Å². The minimum Gasteiger partial charge on any atom is -0.382 e. The van der Waals surface area contributed by atoms with Crippen LogP contribution in [0.15, 0.2) is 41.7 Å². The van der Waals surface area contributed by atoms with E-state index in [4.69, 9.17) is 5.26 Å². The van der Waals surface area contributed by atoms with Crippen LogP contribution in [0.4, 0.5) is 5.69 Å². The van der Waals surface area contributed by atoms with Crippen molar-refractivity contribution in [2.24, 2.45) is 10.9 Å². The van der Waals surface area contributed by atoms with Crippen molar-refractivity contribution in [2.75, 3.05) is 5.32 Å². The van der Waals surface area contributed by atoms with E-state index < -0.39 is 0 Å². The molecule has 0 atom stereocenters. The van der Waals surface area contributed by atoms with Crippen LogP contribution in [-0.4, -0.2) is 38.5 Å². The van der Waals surface area contributed by atoms with E-state index in [1.807, 2.05) is 32.0 Å². The molecule has 1 aliphatic carbocycles. The molecule has 3 aromatic rings. The van der Waals surface area contributed by atoms with Crippen LogP contribution in [0, 0.1) is 17.2 Å². The van der Waals surface area contributed by atoms with E-state index in [1.54, 1.807) is 16.8 Å². The summed E-state index contributed by atoms with van der Waals surface area (Å²) in [6.45, 7) is 4.00. The molecule has 1 amide bonds. The van der Waals surface area contributed by atoms with E-state index in [9.17, 15) is 9.59 Å². The summed E-state index contributed by atoms with van der Waals surface area (Å²) < 4.78 is 1.72. The van der Waals surface area contributed by atoms with Crippen LogP contribution in [0.3, 0.4) is 0 Å².